The maximum atomic E-state index is 11.9. The molecule has 0 aliphatic rings. The third kappa shape index (κ3) is 2.53. The number of carbonyl (C=O) groups is 1. The van der Waals surface area contributed by atoms with E-state index in [0.29, 0.717) is 16.3 Å². The van der Waals surface area contributed by atoms with Gasteiger partial charge in [-0.3, -0.25) is 4.79 Å². The van der Waals surface area contributed by atoms with Gasteiger partial charge in [0.2, 0.25) is 5.91 Å². The standard InChI is InChI=1S/C13H16ClN3OS/c1-13(2,11(18)15-3)7-17-10-8(14)5-4-6-9(10)16-12(17)19/h4-6H,7H2,1-3H3,(H,15,18)(H,16,19). The average molecular weight is 298 g/mol. The van der Waals surface area contributed by atoms with Crippen molar-refractivity contribution in [2.45, 2.75) is 20.4 Å². The molecule has 1 heterocycles. The van der Waals surface area contributed by atoms with Gasteiger partial charge in [-0.05, 0) is 38.2 Å². The summed E-state index contributed by atoms with van der Waals surface area (Å²) in [7, 11) is 1.63. The van der Waals surface area contributed by atoms with Gasteiger partial charge in [-0.2, -0.15) is 0 Å². The number of aromatic amines is 1. The lowest BCUT2D eigenvalue weighted by molar-refractivity contribution is -0.129. The minimum atomic E-state index is -0.568. The van der Waals surface area contributed by atoms with E-state index in [1.165, 1.54) is 0 Å². The fourth-order valence-corrected chi connectivity index (χ4v) is 2.67. The monoisotopic (exact) mass is 297 g/mol. The quantitative estimate of drug-likeness (QED) is 0.855. The molecule has 0 unspecified atom stereocenters. The molecule has 1 aromatic heterocycles. The fourth-order valence-electron chi connectivity index (χ4n) is 2.13. The highest BCUT2D eigenvalue weighted by molar-refractivity contribution is 7.71. The molecule has 1 amide bonds. The van der Waals surface area contributed by atoms with E-state index >= 15 is 0 Å². The van der Waals surface area contributed by atoms with Crippen LogP contribution in [0.25, 0.3) is 11.0 Å². The molecule has 2 rings (SSSR count). The lowest BCUT2D eigenvalue weighted by Crippen LogP contribution is -2.37. The number of fused-ring (bicyclic) bond motifs is 1. The molecule has 0 radical (unpaired) electrons. The number of carbonyl (C=O) groups excluding carboxylic acids is 1. The predicted octanol–water partition coefficient (Wildman–Crippen LogP) is 3.12. The number of imidazole rings is 1. The molecule has 0 saturated heterocycles. The number of nitrogens with zero attached hydrogens (tertiary/aromatic N) is 1. The molecule has 0 bridgehead atoms. The van der Waals surface area contributed by atoms with E-state index in [9.17, 15) is 4.79 Å². The zero-order valence-corrected chi connectivity index (χ0v) is 12.7. The van der Waals surface area contributed by atoms with Gasteiger partial charge in [0.15, 0.2) is 4.77 Å². The predicted molar refractivity (Wildman–Crippen MR) is 80.0 cm³/mol. The number of hydrogen-bond donors (Lipinski definition) is 2. The molecule has 0 saturated carbocycles. The molecule has 0 spiro atoms. The fraction of sp³-hybridized carbons (Fsp3) is 0.385. The van der Waals surface area contributed by atoms with Crippen LogP contribution in [0, 0.1) is 10.2 Å². The Kier molecular flexibility index (Phi) is 3.69. The van der Waals surface area contributed by atoms with Gasteiger partial charge in [0.05, 0.1) is 21.5 Å². The first kappa shape index (κ1) is 14.1. The molecule has 1 aromatic carbocycles. The number of halogens is 1. The Bertz CT molecular complexity index is 687. The molecule has 0 atom stereocenters. The number of hydrogen-bond acceptors (Lipinski definition) is 2. The summed E-state index contributed by atoms with van der Waals surface area (Å²) in [5.74, 6) is -0.0317. The van der Waals surface area contributed by atoms with E-state index in [1.807, 2.05) is 36.6 Å². The van der Waals surface area contributed by atoms with E-state index in [2.05, 4.69) is 10.3 Å². The lowest BCUT2D eigenvalue weighted by Gasteiger charge is -2.23. The molecular weight excluding hydrogens is 282 g/mol. The van der Waals surface area contributed by atoms with Crippen molar-refractivity contribution >= 4 is 40.8 Å². The number of H-pyrrole nitrogens is 1. The average Bonchev–Trinajstić information content (AvgIpc) is 2.65. The van der Waals surface area contributed by atoms with Crippen LogP contribution in [0.15, 0.2) is 18.2 Å². The number of benzene rings is 1. The second-order valence-corrected chi connectivity index (χ2v) is 5.91. The van der Waals surface area contributed by atoms with Crippen molar-refractivity contribution in [2.75, 3.05) is 7.05 Å². The largest absolute Gasteiger partial charge is 0.359 e. The van der Waals surface area contributed by atoms with E-state index in [-0.39, 0.29) is 5.91 Å². The molecule has 2 aromatic rings. The highest BCUT2D eigenvalue weighted by Gasteiger charge is 2.28. The Hall–Kier alpha value is -1.33. The van der Waals surface area contributed by atoms with Crippen LogP contribution in [0.2, 0.25) is 5.02 Å². The van der Waals surface area contributed by atoms with Crippen molar-refractivity contribution in [2.24, 2.45) is 5.41 Å². The molecule has 102 valence electrons. The summed E-state index contributed by atoms with van der Waals surface area (Å²) >= 11 is 11.6. The second-order valence-electron chi connectivity index (χ2n) is 5.12. The number of aromatic nitrogens is 2. The Balaban J connectivity index is 2.55. The maximum absolute atomic E-state index is 11.9. The number of para-hydroxylation sites is 1. The molecule has 6 heteroatoms. The van der Waals surface area contributed by atoms with Crippen LogP contribution in [0.3, 0.4) is 0 Å². The topological polar surface area (TPSA) is 49.8 Å². The van der Waals surface area contributed by atoms with Gasteiger partial charge in [0.25, 0.3) is 0 Å². The smallest absolute Gasteiger partial charge is 0.227 e. The molecular formula is C13H16ClN3OS. The Labute approximate surface area is 121 Å². The van der Waals surface area contributed by atoms with Crippen LogP contribution in [0.1, 0.15) is 13.8 Å². The third-order valence-corrected chi connectivity index (χ3v) is 3.77. The van der Waals surface area contributed by atoms with Gasteiger partial charge in [-0.15, -0.1) is 0 Å². The second kappa shape index (κ2) is 4.98. The summed E-state index contributed by atoms with van der Waals surface area (Å²) in [6.07, 6.45) is 0. The van der Waals surface area contributed by atoms with Crippen LogP contribution in [-0.4, -0.2) is 22.5 Å². The summed E-state index contributed by atoms with van der Waals surface area (Å²) < 4.78 is 2.45. The van der Waals surface area contributed by atoms with Crippen molar-refractivity contribution < 1.29 is 4.79 Å². The Morgan fingerprint density at radius 1 is 1.53 bits per heavy atom. The summed E-state index contributed by atoms with van der Waals surface area (Å²) in [4.78, 5) is 15.0. The first-order valence-corrected chi connectivity index (χ1v) is 6.74. The maximum Gasteiger partial charge on any atom is 0.227 e. The Morgan fingerprint density at radius 3 is 2.84 bits per heavy atom. The van der Waals surface area contributed by atoms with Crippen LogP contribution >= 0.6 is 23.8 Å². The number of amides is 1. The van der Waals surface area contributed by atoms with Gasteiger partial charge in [-0.1, -0.05) is 17.7 Å². The molecule has 2 N–H and O–H groups in total. The van der Waals surface area contributed by atoms with Crippen LogP contribution < -0.4 is 5.32 Å². The third-order valence-electron chi connectivity index (χ3n) is 3.14. The van der Waals surface area contributed by atoms with E-state index in [1.54, 1.807) is 7.05 Å². The summed E-state index contributed by atoms with van der Waals surface area (Å²) in [5, 5.41) is 3.29. The van der Waals surface area contributed by atoms with Crippen LogP contribution in [0.5, 0.6) is 0 Å². The van der Waals surface area contributed by atoms with Gasteiger partial charge in [0.1, 0.15) is 0 Å². The first-order chi connectivity index (χ1) is 8.86. The summed E-state index contributed by atoms with van der Waals surface area (Å²) in [6, 6.07) is 5.60. The van der Waals surface area contributed by atoms with E-state index in [4.69, 9.17) is 23.8 Å². The zero-order valence-electron chi connectivity index (χ0n) is 11.1. The SMILES string of the molecule is CNC(=O)C(C)(C)Cn1c(=S)[nH]c2cccc(Cl)c21. The molecule has 0 fully saturated rings. The molecule has 0 aliphatic heterocycles. The normalized spacial score (nSPS) is 11.8. The minimum Gasteiger partial charge on any atom is -0.359 e. The lowest BCUT2D eigenvalue weighted by atomic mass is 9.92. The van der Waals surface area contributed by atoms with E-state index < -0.39 is 5.41 Å². The molecule has 0 aliphatic carbocycles. The van der Waals surface area contributed by atoms with Gasteiger partial charge < -0.3 is 14.9 Å². The number of rotatable bonds is 3. The molecule has 19 heavy (non-hydrogen) atoms. The minimum absolute atomic E-state index is 0.0317. The van der Waals surface area contributed by atoms with Crippen LogP contribution in [0.4, 0.5) is 0 Å². The molecule has 4 nitrogen and oxygen atoms in total. The van der Waals surface area contributed by atoms with Crippen molar-refractivity contribution in [1.82, 2.24) is 14.9 Å². The van der Waals surface area contributed by atoms with Gasteiger partial charge in [0, 0.05) is 13.6 Å². The summed E-state index contributed by atoms with van der Waals surface area (Å²) in [6.45, 7) is 4.22. The zero-order chi connectivity index (χ0) is 14.2. The Morgan fingerprint density at radius 2 is 2.21 bits per heavy atom. The highest BCUT2D eigenvalue weighted by atomic mass is 35.5. The van der Waals surface area contributed by atoms with E-state index in [0.717, 1.165) is 11.0 Å². The van der Waals surface area contributed by atoms with Crippen molar-refractivity contribution in [3.05, 3.63) is 28.0 Å². The first-order valence-electron chi connectivity index (χ1n) is 5.96. The van der Waals surface area contributed by atoms with Crippen molar-refractivity contribution in [3.63, 3.8) is 0 Å². The highest BCUT2D eigenvalue weighted by Crippen LogP contribution is 2.27. The van der Waals surface area contributed by atoms with Gasteiger partial charge in [-0.25, -0.2) is 0 Å². The van der Waals surface area contributed by atoms with Crippen molar-refractivity contribution in [3.8, 4) is 0 Å². The number of nitrogens with one attached hydrogen (secondary N) is 2. The van der Waals surface area contributed by atoms with Crippen molar-refractivity contribution in [1.29, 1.82) is 0 Å². The van der Waals surface area contributed by atoms with Gasteiger partial charge >= 0.3 is 0 Å². The summed E-state index contributed by atoms with van der Waals surface area (Å²) in [5.41, 5.74) is 1.15. The van der Waals surface area contributed by atoms with Crippen LogP contribution in [-0.2, 0) is 11.3 Å².